The van der Waals surface area contributed by atoms with Crippen LogP contribution in [-0.2, 0) is 11.3 Å². The molecule has 1 amide bonds. The highest BCUT2D eigenvalue weighted by molar-refractivity contribution is 5.91. The lowest BCUT2D eigenvalue weighted by molar-refractivity contribution is -0.117. The number of piperidine rings is 1. The van der Waals surface area contributed by atoms with Crippen molar-refractivity contribution in [1.82, 2.24) is 9.80 Å². The molecule has 0 radical (unpaired) electrons. The van der Waals surface area contributed by atoms with Crippen LogP contribution in [0.1, 0.15) is 44.1 Å². The van der Waals surface area contributed by atoms with E-state index in [1.54, 1.807) is 0 Å². The molecule has 23 heavy (non-hydrogen) atoms. The molecule has 0 aliphatic carbocycles. The van der Waals surface area contributed by atoms with E-state index in [4.69, 9.17) is 0 Å². The molecule has 0 saturated carbocycles. The summed E-state index contributed by atoms with van der Waals surface area (Å²) in [4.78, 5) is 17.3. The number of likely N-dealkylation sites (tertiary alicyclic amines) is 2. The Labute approximate surface area is 139 Å². The van der Waals surface area contributed by atoms with Gasteiger partial charge in [0.2, 0.25) is 5.91 Å². The van der Waals surface area contributed by atoms with E-state index in [2.05, 4.69) is 34.3 Å². The molecule has 0 spiro atoms. The van der Waals surface area contributed by atoms with Crippen LogP contribution in [0.2, 0.25) is 0 Å². The van der Waals surface area contributed by atoms with Crippen LogP contribution in [0.25, 0.3) is 0 Å². The van der Waals surface area contributed by atoms with E-state index in [0.717, 1.165) is 25.2 Å². The van der Waals surface area contributed by atoms with Crippen molar-refractivity contribution in [2.24, 2.45) is 0 Å². The molecule has 1 atom stereocenters. The average molecular weight is 315 g/mol. The standard InChI is InChI=1S/C19H29N3O/c1-21-11-5-4-9-17(21)14-19(23)20-18-10-3-2-8-16(18)15-22-12-6-7-13-22/h2-3,8,10,17H,4-7,9,11-15H2,1H3,(H,20,23). The molecule has 1 unspecified atom stereocenters. The van der Waals surface area contributed by atoms with Crippen molar-refractivity contribution in [3.05, 3.63) is 29.8 Å². The first-order chi connectivity index (χ1) is 11.2. The number of carbonyl (C=O) groups excluding carboxylic acids is 1. The van der Waals surface area contributed by atoms with Gasteiger partial charge < -0.3 is 10.2 Å². The Bertz CT molecular complexity index is 525. The molecule has 4 heteroatoms. The summed E-state index contributed by atoms with van der Waals surface area (Å²) in [5, 5.41) is 3.16. The van der Waals surface area contributed by atoms with Gasteiger partial charge in [0.1, 0.15) is 0 Å². The number of rotatable bonds is 5. The van der Waals surface area contributed by atoms with Gasteiger partial charge >= 0.3 is 0 Å². The molecule has 2 heterocycles. The number of anilines is 1. The summed E-state index contributed by atoms with van der Waals surface area (Å²) in [5.41, 5.74) is 2.22. The minimum absolute atomic E-state index is 0.151. The normalized spacial score (nSPS) is 23.1. The fourth-order valence-electron chi connectivity index (χ4n) is 3.78. The van der Waals surface area contributed by atoms with Gasteiger partial charge in [-0.1, -0.05) is 24.6 Å². The van der Waals surface area contributed by atoms with Crippen LogP contribution >= 0.6 is 0 Å². The lowest BCUT2D eigenvalue weighted by Crippen LogP contribution is -2.38. The topological polar surface area (TPSA) is 35.6 Å². The largest absolute Gasteiger partial charge is 0.326 e. The Hall–Kier alpha value is -1.39. The minimum atomic E-state index is 0.151. The Balaban J connectivity index is 1.59. The van der Waals surface area contributed by atoms with Crippen molar-refractivity contribution in [3.8, 4) is 0 Å². The maximum atomic E-state index is 12.5. The number of nitrogens with one attached hydrogen (secondary N) is 1. The molecule has 2 aliphatic heterocycles. The number of hydrogen-bond acceptors (Lipinski definition) is 3. The summed E-state index contributed by atoms with van der Waals surface area (Å²) >= 11 is 0. The number of hydrogen-bond donors (Lipinski definition) is 1. The van der Waals surface area contributed by atoms with E-state index in [1.165, 1.54) is 44.3 Å². The first-order valence-electron chi connectivity index (χ1n) is 9.03. The van der Waals surface area contributed by atoms with E-state index in [0.29, 0.717) is 12.5 Å². The van der Waals surface area contributed by atoms with Crippen molar-refractivity contribution in [1.29, 1.82) is 0 Å². The smallest absolute Gasteiger partial charge is 0.225 e. The molecule has 126 valence electrons. The number of amides is 1. The SMILES string of the molecule is CN1CCCCC1CC(=O)Nc1ccccc1CN1CCCC1. The van der Waals surface area contributed by atoms with E-state index < -0.39 is 0 Å². The molecule has 4 nitrogen and oxygen atoms in total. The third-order valence-electron chi connectivity index (χ3n) is 5.23. The highest BCUT2D eigenvalue weighted by Crippen LogP contribution is 2.22. The second-order valence-corrected chi connectivity index (χ2v) is 7.02. The fraction of sp³-hybridized carbons (Fsp3) is 0.632. The van der Waals surface area contributed by atoms with E-state index in [9.17, 15) is 4.79 Å². The van der Waals surface area contributed by atoms with Gasteiger partial charge in [-0.3, -0.25) is 9.69 Å². The molecule has 1 N–H and O–H groups in total. The number of benzene rings is 1. The second kappa shape index (κ2) is 7.93. The zero-order valence-corrected chi connectivity index (χ0v) is 14.3. The quantitative estimate of drug-likeness (QED) is 0.907. The summed E-state index contributed by atoms with van der Waals surface area (Å²) in [6.07, 6.45) is 6.83. The van der Waals surface area contributed by atoms with Gasteiger partial charge in [0.25, 0.3) is 0 Å². The predicted octanol–water partition coefficient (Wildman–Crippen LogP) is 3.10. The maximum absolute atomic E-state index is 12.5. The van der Waals surface area contributed by atoms with Crippen molar-refractivity contribution >= 4 is 11.6 Å². The first-order valence-corrected chi connectivity index (χ1v) is 9.03. The van der Waals surface area contributed by atoms with E-state index in [1.807, 2.05) is 12.1 Å². The summed E-state index contributed by atoms with van der Waals surface area (Å²) in [6, 6.07) is 8.65. The van der Waals surface area contributed by atoms with Gasteiger partial charge in [-0.2, -0.15) is 0 Å². The Morgan fingerprint density at radius 1 is 1.13 bits per heavy atom. The van der Waals surface area contributed by atoms with Crippen molar-refractivity contribution in [2.45, 2.75) is 51.1 Å². The Kier molecular flexibility index (Phi) is 5.68. The molecule has 2 fully saturated rings. The zero-order valence-electron chi connectivity index (χ0n) is 14.3. The van der Waals surface area contributed by atoms with Crippen molar-refractivity contribution in [3.63, 3.8) is 0 Å². The highest BCUT2D eigenvalue weighted by atomic mass is 16.1. The highest BCUT2D eigenvalue weighted by Gasteiger charge is 2.22. The predicted molar refractivity (Wildman–Crippen MR) is 94.5 cm³/mol. The summed E-state index contributed by atoms with van der Waals surface area (Å²) in [6.45, 7) is 4.41. The Morgan fingerprint density at radius 3 is 2.65 bits per heavy atom. The first kappa shape index (κ1) is 16.5. The van der Waals surface area contributed by atoms with Crippen LogP contribution < -0.4 is 5.32 Å². The van der Waals surface area contributed by atoms with Gasteiger partial charge in [0.15, 0.2) is 0 Å². The molecule has 1 aromatic carbocycles. The third-order valence-corrected chi connectivity index (χ3v) is 5.23. The second-order valence-electron chi connectivity index (χ2n) is 7.02. The van der Waals surface area contributed by atoms with Gasteiger partial charge in [0, 0.05) is 24.7 Å². The van der Waals surface area contributed by atoms with Gasteiger partial charge in [-0.15, -0.1) is 0 Å². The maximum Gasteiger partial charge on any atom is 0.225 e. The molecule has 0 aromatic heterocycles. The van der Waals surface area contributed by atoms with Crippen molar-refractivity contribution < 1.29 is 4.79 Å². The van der Waals surface area contributed by atoms with Crippen LogP contribution in [0, 0.1) is 0 Å². The van der Waals surface area contributed by atoms with E-state index >= 15 is 0 Å². The summed E-state index contributed by atoms with van der Waals surface area (Å²) in [5.74, 6) is 0.151. The molecule has 0 bridgehead atoms. The molecule has 3 rings (SSSR count). The molecular weight excluding hydrogens is 286 g/mol. The third kappa shape index (κ3) is 4.55. The van der Waals surface area contributed by atoms with Crippen LogP contribution in [0.15, 0.2) is 24.3 Å². The fourth-order valence-corrected chi connectivity index (χ4v) is 3.78. The monoisotopic (exact) mass is 315 g/mol. The van der Waals surface area contributed by atoms with Gasteiger partial charge in [0.05, 0.1) is 0 Å². The lowest BCUT2D eigenvalue weighted by Gasteiger charge is -2.32. The number of nitrogens with zero attached hydrogens (tertiary/aromatic N) is 2. The Morgan fingerprint density at radius 2 is 1.87 bits per heavy atom. The molecular formula is C19H29N3O. The zero-order chi connectivity index (χ0) is 16.1. The molecule has 2 aliphatic rings. The minimum Gasteiger partial charge on any atom is -0.326 e. The molecule has 1 aromatic rings. The van der Waals surface area contributed by atoms with Crippen LogP contribution in [-0.4, -0.2) is 48.4 Å². The number of carbonyl (C=O) groups is 1. The number of para-hydroxylation sites is 1. The van der Waals surface area contributed by atoms with Crippen LogP contribution in [0.3, 0.4) is 0 Å². The van der Waals surface area contributed by atoms with E-state index in [-0.39, 0.29) is 5.91 Å². The summed E-state index contributed by atoms with van der Waals surface area (Å²) in [7, 11) is 2.14. The van der Waals surface area contributed by atoms with Gasteiger partial charge in [-0.05, 0) is 64.0 Å². The van der Waals surface area contributed by atoms with Crippen LogP contribution in [0.4, 0.5) is 5.69 Å². The molecule has 2 saturated heterocycles. The average Bonchev–Trinajstić information content (AvgIpc) is 3.05. The van der Waals surface area contributed by atoms with Gasteiger partial charge in [-0.25, -0.2) is 0 Å². The van der Waals surface area contributed by atoms with Crippen molar-refractivity contribution in [2.75, 3.05) is 32.0 Å². The van der Waals surface area contributed by atoms with Crippen LogP contribution in [0.5, 0.6) is 0 Å². The summed E-state index contributed by atoms with van der Waals surface area (Å²) < 4.78 is 0. The lowest BCUT2D eigenvalue weighted by atomic mass is 10.00.